The molecule has 2 heterocycles. The predicted molar refractivity (Wildman–Crippen MR) is 99.0 cm³/mol. The van der Waals surface area contributed by atoms with Crippen LogP contribution < -0.4 is 0 Å². The van der Waals surface area contributed by atoms with E-state index in [2.05, 4.69) is 9.97 Å². The number of likely N-dealkylation sites (N-methyl/N-ethyl adjacent to an activating group) is 2. The summed E-state index contributed by atoms with van der Waals surface area (Å²) in [5, 5.41) is 0. The number of carbonyl (C=O) groups excluding carboxylic acids is 2. The van der Waals surface area contributed by atoms with Gasteiger partial charge in [-0.05, 0) is 24.3 Å². The van der Waals surface area contributed by atoms with Crippen molar-refractivity contribution in [2.45, 2.75) is 12.8 Å². The van der Waals surface area contributed by atoms with E-state index in [1.165, 1.54) is 9.80 Å². The van der Waals surface area contributed by atoms with E-state index < -0.39 is 19.0 Å². The molecule has 0 saturated carbocycles. The minimum absolute atomic E-state index is 0.431. The molecule has 0 aromatic carbocycles. The maximum absolute atomic E-state index is 11.9. The smallest absolute Gasteiger partial charge is 0.412 e. The highest BCUT2D eigenvalue weighted by Crippen LogP contribution is 2.00. The topological polar surface area (TPSA) is 84.9 Å². The zero-order chi connectivity index (χ0) is 19.5. The first-order valence-electron chi connectivity index (χ1n) is 8.62. The fraction of sp³-hybridized carbons (Fsp3) is 0.368. The predicted octanol–water partition coefficient (Wildman–Crippen LogP) is 2.36. The normalized spacial score (nSPS) is 10.1. The van der Waals surface area contributed by atoms with Gasteiger partial charge in [0.25, 0.3) is 0 Å². The molecule has 0 N–H and O–H groups in total. The van der Waals surface area contributed by atoms with E-state index in [9.17, 15) is 9.59 Å². The van der Waals surface area contributed by atoms with E-state index in [4.69, 9.17) is 9.47 Å². The van der Waals surface area contributed by atoms with E-state index in [-0.39, 0.29) is 0 Å². The van der Waals surface area contributed by atoms with E-state index >= 15 is 0 Å². The van der Waals surface area contributed by atoms with Crippen LogP contribution in [0.15, 0.2) is 48.8 Å². The van der Waals surface area contributed by atoms with Crippen LogP contribution in [0.1, 0.15) is 11.4 Å². The third kappa shape index (κ3) is 7.31. The van der Waals surface area contributed by atoms with Crippen LogP contribution in [0.3, 0.4) is 0 Å². The number of hydrogen-bond donors (Lipinski definition) is 0. The van der Waals surface area contributed by atoms with Gasteiger partial charge in [-0.15, -0.1) is 0 Å². The molecule has 2 aromatic rings. The molecule has 0 aliphatic rings. The number of rotatable bonds is 8. The van der Waals surface area contributed by atoms with Crippen LogP contribution in [-0.2, 0) is 22.3 Å². The summed E-state index contributed by atoms with van der Waals surface area (Å²) in [6.07, 6.45) is 3.52. The third-order valence-electron chi connectivity index (χ3n) is 3.85. The lowest BCUT2D eigenvalue weighted by Crippen LogP contribution is -2.33. The Morgan fingerprint density at radius 1 is 0.815 bits per heavy atom. The Kier molecular flexibility index (Phi) is 8.02. The molecule has 2 amide bonds. The number of ether oxygens (including phenoxy) is 2. The second-order valence-electron chi connectivity index (χ2n) is 5.92. The number of carbonyl (C=O) groups is 2. The highest BCUT2D eigenvalue weighted by Gasteiger charge is 2.14. The lowest BCUT2D eigenvalue weighted by atomic mass is 10.2. The second kappa shape index (κ2) is 10.7. The van der Waals surface area contributed by atoms with Crippen LogP contribution in [0, 0.1) is 0 Å². The Morgan fingerprint density at radius 2 is 1.26 bits per heavy atom. The summed E-state index contributed by atoms with van der Waals surface area (Å²) >= 11 is 0. The molecular weight excluding hydrogens is 348 g/mol. The van der Waals surface area contributed by atoms with Gasteiger partial charge in [0.1, 0.15) is 0 Å². The van der Waals surface area contributed by atoms with Gasteiger partial charge in [0.2, 0.25) is 6.79 Å². The zero-order valence-corrected chi connectivity index (χ0v) is 15.6. The van der Waals surface area contributed by atoms with Crippen LogP contribution in [-0.4, -0.2) is 65.9 Å². The van der Waals surface area contributed by atoms with Crippen molar-refractivity contribution in [2.24, 2.45) is 0 Å². The molecule has 2 aromatic heterocycles. The molecular formula is C19H24N4O4. The van der Waals surface area contributed by atoms with Gasteiger partial charge >= 0.3 is 12.2 Å². The Labute approximate surface area is 158 Å². The first-order chi connectivity index (χ1) is 13.1. The molecule has 8 heteroatoms. The summed E-state index contributed by atoms with van der Waals surface area (Å²) in [5.74, 6) is 0. The monoisotopic (exact) mass is 372 g/mol. The van der Waals surface area contributed by atoms with Crippen LogP contribution in [0.5, 0.6) is 0 Å². The van der Waals surface area contributed by atoms with E-state index in [0.29, 0.717) is 25.9 Å². The summed E-state index contributed by atoms with van der Waals surface area (Å²) < 4.78 is 9.92. The van der Waals surface area contributed by atoms with Crippen molar-refractivity contribution in [2.75, 3.05) is 34.0 Å². The largest absolute Gasteiger partial charge is 0.412 e. The van der Waals surface area contributed by atoms with Gasteiger partial charge < -0.3 is 19.3 Å². The van der Waals surface area contributed by atoms with Gasteiger partial charge in [-0.25, -0.2) is 9.59 Å². The van der Waals surface area contributed by atoms with Crippen LogP contribution in [0.25, 0.3) is 0 Å². The molecule has 0 aliphatic carbocycles. The molecule has 0 fully saturated rings. The van der Waals surface area contributed by atoms with Gasteiger partial charge in [-0.3, -0.25) is 9.97 Å². The average molecular weight is 372 g/mol. The molecule has 0 bridgehead atoms. The number of nitrogens with zero attached hydrogens (tertiary/aromatic N) is 4. The summed E-state index contributed by atoms with van der Waals surface area (Å²) in [6.45, 7) is 0.473. The standard InChI is InChI=1S/C19H24N4O4/c1-22(13-9-16-7-3-5-11-20-16)18(24)26-15-27-19(25)23(2)14-10-17-8-4-6-12-21-17/h3-8,11-12H,9-10,13-15H2,1-2H3. The lowest BCUT2D eigenvalue weighted by Gasteiger charge is -2.19. The number of hydrogen-bond acceptors (Lipinski definition) is 6. The average Bonchev–Trinajstić information content (AvgIpc) is 2.71. The fourth-order valence-electron chi connectivity index (χ4n) is 2.19. The van der Waals surface area contributed by atoms with Crippen LogP contribution in [0.2, 0.25) is 0 Å². The van der Waals surface area contributed by atoms with Gasteiger partial charge in [0, 0.05) is 63.8 Å². The first-order valence-corrected chi connectivity index (χ1v) is 8.62. The maximum atomic E-state index is 11.9. The molecule has 0 atom stereocenters. The zero-order valence-electron chi connectivity index (χ0n) is 15.6. The van der Waals surface area contributed by atoms with Gasteiger partial charge in [-0.1, -0.05) is 12.1 Å². The number of pyridine rings is 2. The van der Waals surface area contributed by atoms with Crippen molar-refractivity contribution in [3.63, 3.8) is 0 Å². The number of amides is 2. The van der Waals surface area contributed by atoms with Gasteiger partial charge in [-0.2, -0.15) is 0 Å². The molecule has 0 unspecified atom stereocenters. The Bertz CT molecular complexity index is 651. The fourth-order valence-corrected chi connectivity index (χ4v) is 2.19. The van der Waals surface area contributed by atoms with Crippen molar-refractivity contribution in [1.82, 2.24) is 19.8 Å². The minimum Gasteiger partial charge on any atom is -0.412 e. The SMILES string of the molecule is CN(CCc1ccccn1)C(=O)OCOC(=O)N(C)CCc1ccccn1. The highest BCUT2D eigenvalue weighted by molar-refractivity contribution is 5.68. The minimum atomic E-state index is -0.560. The second-order valence-corrected chi connectivity index (χ2v) is 5.92. The van der Waals surface area contributed by atoms with E-state index in [0.717, 1.165) is 11.4 Å². The van der Waals surface area contributed by atoms with Gasteiger partial charge in [0.15, 0.2) is 0 Å². The Morgan fingerprint density at radius 3 is 1.63 bits per heavy atom. The molecule has 144 valence electrons. The maximum Gasteiger partial charge on any atom is 0.412 e. The van der Waals surface area contributed by atoms with Crippen molar-refractivity contribution >= 4 is 12.2 Å². The summed E-state index contributed by atoms with van der Waals surface area (Å²) in [4.78, 5) is 35.0. The summed E-state index contributed by atoms with van der Waals surface area (Å²) in [6, 6.07) is 11.2. The molecule has 0 saturated heterocycles. The van der Waals surface area contributed by atoms with Gasteiger partial charge in [0.05, 0.1) is 0 Å². The van der Waals surface area contributed by atoms with E-state index in [1.807, 2.05) is 36.4 Å². The summed E-state index contributed by atoms with van der Waals surface area (Å²) in [5.41, 5.74) is 1.77. The Hall–Kier alpha value is -3.16. The molecule has 0 radical (unpaired) electrons. The first kappa shape index (κ1) is 20.2. The lowest BCUT2D eigenvalue weighted by molar-refractivity contribution is -0.000292. The molecule has 8 nitrogen and oxygen atoms in total. The molecule has 27 heavy (non-hydrogen) atoms. The number of aromatic nitrogens is 2. The van der Waals surface area contributed by atoms with E-state index in [1.54, 1.807) is 26.5 Å². The molecule has 2 rings (SSSR count). The van der Waals surface area contributed by atoms with Crippen molar-refractivity contribution in [1.29, 1.82) is 0 Å². The molecule has 0 spiro atoms. The quantitative estimate of drug-likeness (QED) is 0.662. The summed E-state index contributed by atoms with van der Waals surface area (Å²) in [7, 11) is 3.23. The van der Waals surface area contributed by atoms with Crippen LogP contribution in [0.4, 0.5) is 9.59 Å². The Balaban J connectivity index is 1.62. The van der Waals surface area contributed by atoms with Crippen molar-refractivity contribution < 1.29 is 19.1 Å². The molecule has 0 aliphatic heterocycles. The van der Waals surface area contributed by atoms with Crippen molar-refractivity contribution in [3.05, 3.63) is 60.2 Å². The third-order valence-corrected chi connectivity index (χ3v) is 3.85. The van der Waals surface area contributed by atoms with Crippen LogP contribution >= 0.6 is 0 Å². The van der Waals surface area contributed by atoms with Crippen molar-refractivity contribution in [3.8, 4) is 0 Å². The highest BCUT2D eigenvalue weighted by atomic mass is 16.7.